The lowest BCUT2D eigenvalue weighted by Crippen LogP contribution is -2.12. The van der Waals surface area contributed by atoms with Gasteiger partial charge in [-0.2, -0.15) is 5.26 Å². The number of nitriles is 1. The van der Waals surface area contributed by atoms with Gasteiger partial charge in [-0.25, -0.2) is 9.97 Å². The van der Waals surface area contributed by atoms with Crippen molar-refractivity contribution in [3.8, 4) is 17.3 Å². The van der Waals surface area contributed by atoms with E-state index in [2.05, 4.69) is 15.0 Å². The zero-order chi connectivity index (χ0) is 11.5. The predicted octanol–water partition coefficient (Wildman–Crippen LogP) is 1.01. The van der Waals surface area contributed by atoms with Crippen LogP contribution in [0.15, 0.2) is 29.5 Å². The highest BCUT2D eigenvalue weighted by Crippen LogP contribution is 2.18. The van der Waals surface area contributed by atoms with E-state index < -0.39 is 0 Å². The SMILES string of the molecule is Cc1[nH]c(=O)c(C#N)cc1-c1ccncn1. The molecule has 0 aliphatic carbocycles. The Hall–Kier alpha value is -2.48. The van der Waals surface area contributed by atoms with Crippen LogP contribution >= 0.6 is 0 Å². The maximum Gasteiger partial charge on any atom is 0.266 e. The predicted molar refractivity (Wildman–Crippen MR) is 57.5 cm³/mol. The van der Waals surface area contributed by atoms with Crippen LogP contribution in [0.5, 0.6) is 0 Å². The van der Waals surface area contributed by atoms with Gasteiger partial charge in [-0.15, -0.1) is 0 Å². The van der Waals surface area contributed by atoms with Crippen LogP contribution in [0.3, 0.4) is 0 Å². The summed E-state index contributed by atoms with van der Waals surface area (Å²) >= 11 is 0. The molecule has 0 amide bonds. The van der Waals surface area contributed by atoms with E-state index in [4.69, 9.17) is 5.26 Å². The molecule has 0 fully saturated rings. The van der Waals surface area contributed by atoms with E-state index >= 15 is 0 Å². The fraction of sp³-hybridized carbons (Fsp3) is 0.0909. The molecule has 0 saturated carbocycles. The molecular formula is C11H8N4O. The summed E-state index contributed by atoms with van der Waals surface area (Å²) in [7, 11) is 0. The monoisotopic (exact) mass is 212 g/mol. The van der Waals surface area contributed by atoms with Crippen LogP contribution < -0.4 is 5.56 Å². The maximum atomic E-state index is 11.3. The topological polar surface area (TPSA) is 82.4 Å². The number of pyridine rings is 1. The number of hydrogen-bond donors (Lipinski definition) is 1. The van der Waals surface area contributed by atoms with E-state index in [0.717, 1.165) is 5.56 Å². The van der Waals surface area contributed by atoms with Crippen LogP contribution in [-0.2, 0) is 0 Å². The van der Waals surface area contributed by atoms with Gasteiger partial charge in [-0.3, -0.25) is 4.79 Å². The molecule has 0 saturated heterocycles. The average molecular weight is 212 g/mol. The molecule has 2 aromatic rings. The van der Waals surface area contributed by atoms with E-state index in [-0.39, 0.29) is 11.1 Å². The summed E-state index contributed by atoms with van der Waals surface area (Å²) in [6.45, 7) is 1.76. The van der Waals surface area contributed by atoms with Crippen LogP contribution in [0, 0.1) is 18.3 Å². The largest absolute Gasteiger partial charge is 0.325 e. The van der Waals surface area contributed by atoms with Gasteiger partial charge < -0.3 is 4.98 Å². The molecule has 0 aliphatic heterocycles. The van der Waals surface area contributed by atoms with E-state index in [0.29, 0.717) is 11.4 Å². The fourth-order valence-corrected chi connectivity index (χ4v) is 1.42. The Morgan fingerprint density at radius 3 is 2.94 bits per heavy atom. The molecule has 0 aliphatic rings. The molecule has 0 unspecified atom stereocenters. The van der Waals surface area contributed by atoms with Crippen LogP contribution in [0.2, 0.25) is 0 Å². The third-order valence-electron chi connectivity index (χ3n) is 2.22. The second-order valence-electron chi connectivity index (χ2n) is 3.26. The molecule has 5 nitrogen and oxygen atoms in total. The third-order valence-corrected chi connectivity index (χ3v) is 2.22. The quantitative estimate of drug-likeness (QED) is 0.764. The standard InChI is InChI=1S/C11H8N4O/c1-7-9(10-2-3-13-6-14-10)4-8(5-12)11(16)15-7/h2-4,6H,1H3,(H,15,16). The van der Waals surface area contributed by atoms with Crippen LogP contribution in [0.4, 0.5) is 0 Å². The summed E-state index contributed by atoms with van der Waals surface area (Å²) in [5.74, 6) is 0. The molecule has 0 aromatic carbocycles. The number of nitrogens with zero attached hydrogens (tertiary/aromatic N) is 3. The second kappa shape index (κ2) is 3.95. The molecular weight excluding hydrogens is 204 g/mol. The maximum absolute atomic E-state index is 11.3. The van der Waals surface area contributed by atoms with Crippen molar-refractivity contribution in [2.24, 2.45) is 0 Å². The Kier molecular flexibility index (Phi) is 2.48. The van der Waals surface area contributed by atoms with Crippen molar-refractivity contribution in [2.45, 2.75) is 6.92 Å². The van der Waals surface area contributed by atoms with Gasteiger partial charge in [0, 0.05) is 17.5 Å². The minimum absolute atomic E-state index is 0.0826. The van der Waals surface area contributed by atoms with Crippen LogP contribution in [0.25, 0.3) is 11.3 Å². The molecule has 0 bridgehead atoms. The molecule has 0 radical (unpaired) electrons. The summed E-state index contributed by atoms with van der Waals surface area (Å²) in [4.78, 5) is 21.8. The highest BCUT2D eigenvalue weighted by molar-refractivity contribution is 5.62. The first-order chi connectivity index (χ1) is 7.72. The highest BCUT2D eigenvalue weighted by atomic mass is 16.1. The second-order valence-corrected chi connectivity index (χ2v) is 3.26. The van der Waals surface area contributed by atoms with Gasteiger partial charge >= 0.3 is 0 Å². The summed E-state index contributed by atoms with van der Waals surface area (Å²) in [6, 6.07) is 5.11. The summed E-state index contributed by atoms with van der Waals surface area (Å²) in [6.07, 6.45) is 3.03. The minimum Gasteiger partial charge on any atom is -0.325 e. The zero-order valence-corrected chi connectivity index (χ0v) is 8.56. The molecule has 16 heavy (non-hydrogen) atoms. The van der Waals surface area contributed by atoms with E-state index in [9.17, 15) is 4.79 Å². The normalized spacial score (nSPS) is 9.75. The van der Waals surface area contributed by atoms with Crippen LogP contribution in [-0.4, -0.2) is 15.0 Å². The molecule has 0 spiro atoms. The summed E-state index contributed by atoms with van der Waals surface area (Å²) in [5.41, 5.74) is 1.80. The summed E-state index contributed by atoms with van der Waals surface area (Å²) < 4.78 is 0. The van der Waals surface area contributed by atoms with Gasteiger partial charge in [0.25, 0.3) is 5.56 Å². The van der Waals surface area contributed by atoms with Crippen molar-refractivity contribution in [3.05, 3.63) is 46.3 Å². The number of rotatable bonds is 1. The first-order valence-electron chi connectivity index (χ1n) is 4.63. The number of aromatic nitrogens is 3. The van der Waals surface area contributed by atoms with Gasteiger partial charge in [0.1, 0.15) is 18.0 Å². The zero-order valence-electron chi connectivity index (χ0n) is 8.56. The number of aromatic amines is 1. The Balaban J connectivity index is 2.68. The lowest BCUT2D eigenvalue weighted by atomic mass is 10.1. The van der Waals surface area contributed by atoms with Crippen molar-refractivity contribution in [1.29, 1.82) is 5.26 Å². The molecule has 5 heteroatoms. The van der Waals surface area contributed by atoms with Crippen molar-refractivity contribution in [3.63, 3.8) is 0 Å². The van der Waals surface area contributed by atoms with Crippen molar-refractivity contribution < 1.29 is 0 Å². The van der Waals surface area contributed by atoms with Gasteiger partial charge in [-0.1, -0.05) is 0 Å². The molecule has 1 N–H and O–H groups in total. The Morgan fingerprint density at radius 2 is 2.31 bits per heavy atom. The van der Waals surface area contributed by atoms with Crippen molar-refractivity contribution in [2.75, 3.05) is 0 Å². The van der Waals surface area contributed by atoms with Gasteiger partial charge in [0.2, 0.25) is 0 Å². The van der Waals surface area contributed by atoms with E-state index in [1.54, 1.807) is 19.2 Å². The Labute approximate surface area is 91.4 Å². The molecule has 2 aromatic heterocycles. The lowest BCUT2D eigenvalue weighted by molar-refractivity contribution is 1.11. The van der Waals surface area contributed by atoms with Crippen molar-refractivity contribution >= 4 is 0 Å². The first-order valence-corrected chi connectivity index (χ1v) is 4.63. The minimum atomic E-state index is -0.377. The van der Waals surface area contributed by atoms with Gasteiger partial charge in [-0.05, 0) is 19.1 Å². The Morgan fingerprint density at radius 1 is 1.50 bits per heavy atom. The molecule has 2 heterocycles. The fourth-order valence-electron chi connectivity index (χ4n) is 1.42. The number of hydrogen-bond acceptors (Lipinski definition) is 4. The van der Waals surface area contributed by atoms with Gasteiger partial charge in [0.05, 0.1) is 5.69 Å². The molecule has 78 valence electrons. The number of aryl methyl sites for hydroxylation is 1. The summed E-state index contributed by atoms with van der Waals surface area (Å²) in [5, 5.41) is 8.78. The third kappa shape index (κ3) is 1.68. The molecule has 2 rings (SSSR count). The highest BCUT2D eigenvalue weighted by Gasteiger charge is 2.07. The van der Waals surface area contributed by atoms with Crippen molar-refractivity contribution in [1.82, 2.24) is 15.0 Å². The van der Waals surface area contributed by atoms with Crippen LogP contribution in [0.1, 0.15) is 11.3 Å². The number of H-pyrrole nitrogens is 1. The lowest BCUT2D eigenvalue weighted by Gasteiger charge is -2.04. The average Bonchev–Trinajstić information content (AvgIpc) is 2.30. The van der Waals surface area contributed by atoms with E-state index in [1.807, 2.05) is 6.07 Å². The van der Waals surface area contributed by atoms with Gasteiger partial charge in [0.15, 0.2) is 0 Å². The Bertz CT molecular complexity index is 610. The van der Waals surface area contributed by atoms with E-state index in [1.165, 1.54) is 12.4 Å². The molecule has 0 atom stereocenters. The smallest absolute Gasteiger partial charge is 0.266 e. The number of nitrogens with one attached hydrogen (secondary N) is 1. The first kappa shape index (κ1) is 10.1.